The number of aliphatic hydroxyl groups is 2. The predicted octanol–water partition coefficient (Wildman–Crippen LogP) is 4.17. The molecule has 2 aromatic rings. The van der Waals surface area contributed by atoms with Gasteiger partial charge in [0.15, 0.2) is 17.7 Å². The third-order valence-electron chi connectivity index (χ3n) is 9.90. The number of nitrogens with two attached hydrogens (primary N) is 1. The van der Waals surface area contributed by atoms with Crippen LogP contribution >= 0.6 is 35.2 Å². The van der Waals surface area contributed by atoms with Crippen LogP contribution in [0.4, 0.5) is 5.82 Å². The van der Waals surface area contributed by atoms with E-state index in [1.54, 1.807) is 6.08 Å². The number of phosphoric ester groups is 3. The third-order valence-corrected chi connectivity index (χ3v) is 14.4. The van der Waals surface area contributed by atoms with Crippen molar-refractivity contribution in [3.63, 3.8) is 0 Å². The van der Waals surface area contributed by atoms with Gasteiger partial charge in [-0.3, -0.25) is 27.7 Å². The molecular weight excluding hydrogens is 923 g/mol. The fourth-order valence-corrected chi connectivity index (χ4v) is 10.5. The number of phosphoric acid groups is 3. The van der Waals surface area contributed by atoms with E-state index in [1.165, 1.54) is 46.0 Å². The summed E-state index contributed by atoms with van der Waals surface area (Å²) < 4.78 is 62.6. The Bertz CT molecular complexity index is 1970. The Morgan fingerprint density at radius 2 is 1.70 bits per heavy atom. The summed E-state index contributed by atoms with van der Waals surface area (Å²) >= 11 is 1.85. The Morgan fingerprint density at radius 3 is 2.39 bits per heavy atom. The van der Waals surface area contributed by atoms with Crippen molar-refractivity contribution < 1.29 is 75.7 Å². The minimum atomic E-state index is -5.56. The summed E-state index contributed by atoms with van der Waals surface area (Å²) in [7, 11) is -16.4. The number of imidazole rings is 1. The molecule has 3 unspecified atom stereocenters. The van der Waals surface area contributed by atoms with Gasteiger partial charge in [0.2, 0.25) is 11.8 Å². The van der Waals surface area contributed by atoms with Gasteiger partial charge in [-0.25, -0.2) is 28.6 Å². The monoisotopic (exact) mass is 987 g/mol. The zero-order chi connectivity index (χ0) is 47.6. The van der Waals surface area contributed by atoms with Crippen molar-refractivity contribution in [3.8, 4) is 0 Å². The minimum absolute atomic E-state index is 0.0340. The fraction of sp³-hybridized carbons (Fsp3) is 0.703. The van der Waals surface area contributed by atoms with Crippen molar-refractivity contribution in [2.75, 3.05) is 37.8 Å². The van der Waals surface area contributed by atoms with Crippen molar-refractivity contribution in [2.45, 2.75) is 127 Å². The number of allylic oxidation sites excluding steroid dienone is 3. The van der Waals surface area contributed by atoms with Crippen molar-refractivity contribution in [3.05, 3.63) is 37.5 Å². The van der Waals surface area contributed by atoms with Gasteiger partial charge in [0.1, 0.15) is 36.3 Å². The molecule has 23 nitrogen and oxygen atoms in total. The molecule has 0 spiro atoms. The standard InChI is InChI=1S/C37H64N7O16P3S/c1-5-7-9-11-13-15-17-26(16-14-12-10-8-6-2)64-21-20-39-28(45)18-19-40-35(48)32(47)37(3,4)23-57-63(54,55)60-62(52,53)56-22-27-31(59-61(49,50)51)30(46)36(58-27)44-25-43-29-33(38)41-24-42-34(29)44/h5,7,9,24-27,30-32,36,46-47H,1,6,8,10-23H2,2-4H3,(H,39,45)(H,40,48)(H,52,53)(H,54,55)(H2,38,41,42)(H2,49,50,51)/b9-7-/t26?,27-,30-,31-,32+,36-/m1/s1. The maximum absolute atomic E-state index is 12.8. The fourth-order valence-electron chi connectivity index (χ4n) is 6.47. The highest BCUT2D eigenvalue weighted by Crippen LogP contribution is 2.61. The number of amides is 2. The van der Waals surface area contributed by atoms with E-state index in [2.05, 4.69) is 54.0 Å². The number of anilines is 1. The number of carbonyl (C=O) groups excluding carboxylic acids is 2. The lowest BCUT2D eigenvalue weighted by Gasteiger charge is -2.30. The maximum atomic E-state index is 12.8. The number of nitrogen functional groups attached to an aromatic ring is 1. The van der Waals surface area contributed by atoms with E-state index < -0.39 is 78.6 Å². The Kier molecular flexibility index (Phi) is 23.2. The first kappa shape index (κ1) is 55.7. The summed E-state index contributed by atoms with van der Waals surface area (Å²) in [5.74, 6) is -0.519. The quantitative estimate of drug-likeness (QED) is 0.0282. The van der Waals surface area contributed by atoms with E-state index in [9.17, 15) is 53.1 Å². The summed E-state index contributed by atoms with van der Waals surface area (Å²) in [5, 5.41) is 27.4. The number of rotatable bonds is 32. The molecule has 1 saturated heterocycles. The first-order valence-electron chi connectivity index (χ1n) is 20.9. The van der Waals surface area contributed by atoms with Crippen LogP contribution < -0.4 is 16.4 Å². The molecule has 0 saturated carbocycles. The molecule has 2 aromatic heterocycles. The summed E-state index contributed by atoms with van der Waals surface area (Å²) in [6, 6.07) is 0. The molecule has 364 valence electrons. The van der Waals surface area contributed by atoms with Crippen LogP contribution in [0.1, 0.15) is 97.6 Å². The number of unbranched alkanes of at least 4 members (excludes halogenated alkanes) is 6. The van der Waals surface area contributed by atoms with Gasteiger partial charge >= 0.3 is 23.5 Å². The molecule has 1 fully saturated rings. The van der Waals surface area contributed by atoms with Gasteiger partial charge in [-0.05, 0) is 25.7 Å². The lowest BCUT2D eigenvalue weighted by Crippen LogP contribution is -2.46. The van der Waals surface area contributed by atoms with Crippen LogP contribution in [-0.2, 0) is 45.9 Å². The van der Waals surface area contributed by atoms with E-state index in [0.717, 1.165) is 55.1 Å². The van der Waals surface area contributed by atoms with Crippen LogP contribution in [0.3, 0.4) is 0 Å². The normalized spacial score (nSPS) is 21.1. The third kappa shape index (κ3) is 19.3. The Hall–Kier alpha value is -2.63. The molecule has 0 bridgehead atoms. The highest BCUT2D eigenvalue weighted by molar-refractivity contribution is 7.99. The number of nitrogens with one attached hydrogen (secondary N) is 2. The number of hydrogen-bond acceptors (Lipinski definition) is 17. The number of ether oxygens (including phenoxy) is 1. The second-order valence-electron chi connectivity index (χ2n) is 15.7. The summed E-state index contributed by atoms with van der Waals surface area (Å²) in [6.45, 7) is 6.82. The maximum Gasteiger partial charge on any atom is 0.481 e. The van der Waals surface area contributed by atoms with E-state index in [-0.39, 0.29) is 35.9 Å². The summed E-state index contributed by atoms with van der Waals surface area (Å²) in [5.41, 5.74) is 4.33. The van der Waals surface area contributed by atoms with Crippen LogP contribution in [-0.4, -0.2) is 123 Å². The molecule has 1 aliphatic rings. The number of nitrogens with zero attached hydrogens (tertiary/aromatic N) is 4. The highest BCUT2D eigenvalue weighted by Gasteiger charge is 2.50. The average molecular weight is 988 g/mol. The Balaban J connectivity index is 1.43. The second-order valence-corrected chi connectivity index (χ2v) is 21.4. The molecule has 64 heavy (non-hydrogen) atoms. The van der Waals surface area contributed by atoms with Crippen LogP contribution in [0.25, 0.3) is 11.2 Å². The van der Waals surface area contributed by atoms with Gasteiger partial charge in [0.05, 0.1) is 19.5 Å². The smallest absolute Gasteiger partial charge is 0.386 e. The van der Waals surface area contributed by atoms with Crippen molar-refractivity contribution in [1.82, 2.24) is 30.2 Å². The molecule has 2 amide bonds. The molecule has 8 atom stereocenters. The summed E-state index contributed by atoms with van der Waals surface area (Å²) in [4.78, 5) is 76.5. The molecule has 0 aromatic carbocycles. The molecule has 10 N–H and O–H groups in total. The Morgan fingerprint density at radius 1 is 1.02 bits per heavy atom. The van der Waals surface area contributed by atoms with E-state index in [1.807, 2.05) is 17.8 Å². The van der Waals surface area contributed by atoms with Crippen LogP contribution in [0.5, 0.6) is 0 Å². The molecule has 3 heterocycles. The number of thioether (sulfide) groups is 1. The molecule has 0 aliphatic carbocycles. The topological polar surface area (TPSA) is 347 Å². The molecule has 27 heteroatoms. The zero-order valence-corrected chi connectivity index (χ0v) is 39.8. The second kappa shape index (κ2) is 26.6. The Labute approximate surface area is 376 Å². The number of hydrogen-bond donors (Lipinski definition) is 9. The minimum Gasteiger partial charge on any atom is -0.386 e. The van der Waals surface area contributed by atoms with Gasteiger partial charge in [-0.15, -0.1) is 0 Å². The number of fused-ring (bicyclic) bond motifs is 1. The molecule has 3 rings (SSSR count). The largest absolute Gasteiger partial charge is 0.481 e. The van der Waals surface area contributed by atoms with E-state index in [0.29, 0.717) is 11.8 Å². The zero-order valence-electron chi connectivity index (χ0n) is 36.3. The molecular formula is C37H64N7O16P3S. The number of carbonyl (C=O) groups is 2. The van der Waals surface area contributed by atoms with Gasteiger partial charge in [0, 0.05) is 35.9 Å². The predicted molar refractivity (Wildman–Crippen MR) is 237 cm³/mol. The van der Waals surface area contributed by atoms with Crippen LogP contribution in [0.2, 0.25) is 0 Å². The van der Waals surface area contributed by atoms with Crippen molar-refractivity contribution in [2.24, 2.45) is 5.41 Å². The van der Waals surface area contributed by atoms with Crippen molar-refractivity contribution in [1.29, 1.82) is 0 Å². The molecule has 0 radical (unpaired) electrons. The lowest BCUT2D eigenvalue weighted by atomic mass is 9.87. The van der Waals surface area contributed by atoms with E-state index >= 15 is 0 Å². The molecule has 1 aliphatic heterocycles. The summed E-state index contributed by atoms with van der Waals surface area (Å²) in [6.07, 6.45) is 10.7. The number of aromatic nitrogens is 4. The van der Waals surface area contributed by atoms with Crippen molar-refractivity contribution >= 4 is 64.0 Å². The lowest BCUT2D eigenvalue weighted by molar-refractivity contribution is -0.137. The van der Waals surface area contributed by atoms with E-state index in [4.69, 9.17) is 19.5 Å². The van der Waals surface area contributed by atoms with Gasteiger partial charge < -0.3 is 50.9 Å². The SMILES string of the molecule is C=C/C=C\CCCCC(CCCCCCC)SCCNC(=O)CCNC(=O)[C@H](O)C(C)(C)COP(=O)(O)OP(=O)(O)OC[C@H]1O[C@@H](n2cnc3c(N)ncnc32)[C@H](O)[C@@H]1OP(=O)(O)O. The van der Waals surface area contributed by atoms with Crippen LogP contribution in [0, 0.1) is 5.41 Å². The average Bonchev–Trinajstić information content (AvgIpc) is 3.78. The van der Waals surface area contributed by atoms with Crippen LogP contribution in [0.15, 0.2) is 37.5 Å². The van der Waals surface area contributed by atoms with Gasteiger partial charge in [0.25, 0.3) is 0 Å². The highest BCUT2D eigenvalue weighted by atomic mass is 32.2. The number of aliphatic hydroxyl groups excluding tert-OH is 2. The van der Waals surface area contributed by atoms with Gasteiger partial charge in [-0.1, -0.05) is 84.1 Å². The first-order chi connectivity index (χ1) is 30.1. The van der Waals surface area contributed by atoms with Gasteiger partial charge in [-0.2, -0.15) is 16.1 Å². The first-order valence-corrected chi connectivity index (χ1v) is 26.4.